The molecule has 1 nitrogen and oxygen atoms in total. The second-order valence-corrected chi connectivity index (χ2v) is 4.95. The maximum Gasteiger partial charge on any atom is 0.0647 e. The van der Waals surface area contributed by atoms with Crippen molar-refractivity contribution < 1.29 is 5.11 Å². The van der Waals surface area contributed by atoms with E-state index < -0.39 is 0 Å². The average molecular weight is 228 g/mol. The summed E-state index contributed by atoms with van der Waals surface area (Å²) in [6.45, 7) is 0. The zero-order valence-corrected chi connectivity index (χ0v) is 10.3. The molecule has 0 heterocycles. The van der Waals surface area contributed by atoms with Crippen LogP contribution in [0.25, 0.3) is 0 Å². The van der Waals surface area contributed by atoms with Crippen LogP contribution in [-0.2, 0) is 0 Å². The minimum atomic E-state index is -0.313. The fraction of sp³-hybridized carbons (Fsp3) is 0.500. The van der Waals surface area contributed by atoms with Gasteiger partial charge in [-0.15, -0.1) is 0 Å². The van der Waals surface area contributed by atoms with Crippen LogP contribution in [0.1, 0.15) is 50.5 Å². The topological polar surface area (TPSA) is 20.2 Å². The molecule has 1 saturated carbocycles. The van der Waals surface area contributed by atoms with Gasteiger partial charge in [-0.1, -0.05) is 30.0 Å². The molecule has 0 aromatic heterocycles. The van der Waals surface area contributed by atoms with Gasteiger partial charge in [-0.05, 0) is 50.7 Å². The first-order valence-corrected chi connectivity index (χ1v) is 6.55. The second kappa shape index (κ2) is 5.89. The van der Waals surface area contributed by atoms with E-state index in [1.54, 1.807) is 0 Å². The van der Waals surface area contributed by atoms with Crippen molar-refractivity contribution in [2.45, 2.75) is 50.5 Å². The third-order valence-electron chi connectivity index (χ3n) is 3.48. The van der Waals surface area contributed by atoms with E-state index in [0.29, 0.717) is 0 Å². The van der Waals surface area contributed by atoms with Gasteiger partial charge in [0, 0.05) is 12.0 Å². The largest absolute Gasteiger partial charge is 0.390 e. The SMILES string of the molecule is OC1(CCCCC#Cc2ccccc2)CCC1. The van der Waals surface area contributed by atoms with Crippen LogP contribution in [0.4, 0.5) is 0 Å². The molecule has 1 aromatic carbocycles. The highest BCUT2D eigenvalue weighted by Crippen LogP contribution is 2.35. The first-order chi connectivity index (χ1) is 8.29. The molecule has 1 aliphatic rings. The summed E-state index contributed by atoms with van der Waals surface area (Å²) in [4.78, 5) is 0. The second-order valence-electron chi connectivity index (χ2n) is 4.95. The Kier molecular flexibility index (Phi) is 4.23. The van der Waals surface area contributed by atoms with Crippen molar-refractivity contribution in [3.8, 4) is 11.8 Å². The third-order valence-corrected chi connectivity index (χ3v) is 3.48. The Morgan fingerprint density at radius 2 is 1.88 bits per heavy atom. The molecule has 0 radical (unpaired) electrons. The molecule has 0 aliphatic heterocycles. The summed E-state index contributed by atoms with van der Waals surface area (Å²) in [5.41, 5.74) is 0.775. The fourth-order valence-corrected chi connectivity index (χ4v) is 2.19. The van der Waals surface area contributed by atoms with Crippen LogP contribution < -0.4 is 0 Å². The van der Waals surface area contributed by atoms with Gasteiger partial charge in [-0.25, -0.2) is 0 Å². The summed E-state index contributed by atoms with van der Waals surface area (Å²) in [6, 6.07) is 10.1. The molecule has 1 heteroatoms. The highest BCUT2D eigenvalue weighted by atomic mass is 16.3. The smallest absolute Gasteiger partial charge is 0.0647 e. The Labute approximate surface area is 104 Å². The molecule has 1 aromatic rings. The minimum Gasteiger partial charge on any atom is -0.390 e. The van der Waals surface area contributed by atoms with Crippen molar-refractivity contribution in [3.05, 3.63) is 35.9 Å². The first-order valence-electron chi connectivity index (χ1n) is 6.55. The lowest BCUT2D eigenvalue weighted by molar-refractivity contribution is -0.0418. The van der Waals surface area contributed by atoms with Crippen molar-refractivity contribution >= 4 is 0 Å². The normalized spacial score (nSPS) is 16.8. The van der Waals surface area contributed by atoms with Crippen LogP contribution in [0.5, 0.6) is 0 Å². The Bertz CT molecular complexity index is 393. The van der Waals surface area contributed by atoms with Crippen LogP contribution in [0.3, 0.4) is 0 Å². The number of aliphatic hydroxyl groups is 1. The van der Waals surface area contributed by atoms with Crippen molar-refractivity contribution in [2.24, 2.45) is 0 Å². The van der Waals surface area contributed by atoms with Gasteiger partial charge in [0.15, 0.2) is 0 Å². The van der Waals surface area contributed by atoms with Gasteiger partial charge in [0.2, 0.25) is 0 Å². The van der Waals surface area contributed by atoms with Gasteiger partial charge in [0.1, 0.15) is 0 Å². The van der Waals surface area contributed by atoms with Crippen LogP contribution in [0, 0.1) is 11.8 Å². The molecule has 0 amide bonds. The number of hydrogen-bond acceptors (Lipinski definition) is 1. The molecule has 1 N–H and O–H groups in total. The summed E-state index contributed by atoms with van der Waals surface area (Å²) in [6.07, 6.45) is 7.29. The Morgan fingerprint density at radius 1 is 1.12 bits per heavy atom. The third kappa shape index (κ3) is 3.91. The van der Waals surface area contributed by atoms with Gasteiger partial charge in [-0.3, -0.25) is 0 Å². The van der Waals surface area contributed by atoms with E-state index in [9.17, 15) is 5.11 Å². The molecule has 0 unspecified atom stereocenters. The van der Waals surface area contributed by atoms with E-state index in [4.69, 9.17) is 0 Å². The van der Waals surface area contributed by atoms with E-state index in [1.807, 2.05) is 30.3 Å². The summed E-state index contributed by atoms with van der Waals surface area (Å²) >= 11 is 0. The highest BCUT2D eigenvalue weighted by molar-refractivity contribution is 5.33. The van der Waals surface area contributed by atoms with E-state index in [2.05, 4.69) is 11.8 Å². The molecule has 1 fully saturated rings. The zero-order valence-electron chi connectivity index (χ0n) is 10.3. The van der Waals surface area contributed by atoms with Crippen LogP contribution >= 0.6 is 0 Å². The summed E-state index contributed by atoms with van der Waals surface area (Å²) < 4.78 is 0. The summed E-state index contributed by atoms with van der Waals surface area (Å²) in [5, 5.41) is 9.91. The highest BCUT2D eigenvalue weighted by Gasteiger charge is 2.33. The van der Waals surface area contributed by atoms with Gasteiger partial charge in [-0.2, -0.15) is 0 Å². The van der Waals surface area contributed by atoms with E-state index in [0.717, 1.165) is 44.1 Å². The molecule has 90 valence electrons. The maximum atomic E-state index is 9.91. The molecule has 0 bridgehead atoms. The lowest BCUT2D eigenvalue weighted by Crippen LogP contribution is -2.36. The van der Waals surface area contributed by atoms with Crippen molar-refractivity contribution in [1.29, 1.82) is 0 Å². The van der Waals surface area contributed by atoms with Crippen molar-refractivity contribution in [3.63, 3.8) is 0 Å². The lowest BCUT2D eigenvalue weighted by Gasteiger charge is -2.36. The predicted molar refractivity (Wildman–Crippen MR) is 70.6 cm³/mol. The van der Waals surface area contributed by atoms with E-state index >= 15 is 0 Å². The lowest BCUT2D eigenvalue weighted by atomic mass is 9.77. The van der Waals surface area contributed by atoms with Crippen LogP contribution in [-0.4, -0.2) is 10.7 Å². The molecule has 17 heavy (non-hydrogen) atoms. The van der Waals surface area contributed by atoms with Crippen molar-refractivity contribution in [1.82, 2.24) is 0 Å². The molecule has 0 saturated heterocycles. The molecular weight excluding hydrogens is 208 g/mol. The molecule has 1 aliphatic carbocycles. The predicted octanol–water partition coefficient (Wildman–Crippen LogP) is 3.51. The molecule has 0 spiro atoms. The number of rotatable bonds is 4. The van der Waals surface area contributed by atoms with Gasteiger partial charge < -0.3 is 5.11 Å². The first kappa shape index (κ1) is 12.2. The van der Waals surface area contributed by atoms with Gasteiger partial charge in [0.25, 0.3) is 0 Å². The molecule has 0 atom stereocenters. The Balaban J connectivity index is 1.62. The molecule has 2 rings (SSSR count). The quantitative estimate of drug-likeness (QED) is 0.617. The van der Waals surface area contributed by atoms with Crippen LogP contribution in [0.2, 0.25) is 0 Å². The number of benzene rings is 1. The Morgan fingerprint density at radius 3 is 2.53 bits per heavy atom. The minimum absolute atomic E-state index is 0.313. The Hall–Kier alpha value is -1.26. The summed E-state index contributed by atoms with van der Waals surface area (Å²) in [7, 11) is 0. The van der Waals surface area contributed by atoms with Crippen LogP contribution in [0.15, 0.2) is 30.3 Å². The van der Waals surface area contributed by atoms with Gasteiger partial charge in [0.05, 0.1) is 5.60 Å². The monoisotopic (exact) mass is 228 g/mol. The molecular formula is C16H20O. The zero-order chi connectivity index (χ0) is 12.0. The van der Waals surface area contributed by atoms with Crippen molar-refractivity contribution in [2.75, 3.05) is 0 Å². The standard InChI is InChI=1S/C16H20O/c17-16(13-8-14-16)12-7-2-1-4-9-15-10-5-3-6-11-15/h3,5-6,10-11,17H,1-2,7-8,12-14H2. The average Bonchev–Trinajstić information content (AvgIpc) is 2.33. The number of unbranched alkanes of at least 4 members (excludes halogenated alkanes) is 2. The van der Waals surface area contributed by atoms with E-state index in [-0.39, 0.29) is 5.60 Å². The summed E-state index contributed by atoms with van der Waals surface area (Å²) in [5.74, 6) is 6.35. The fourth-order valence-electron chi connectivity index (χ4n) is 2.19. The van der Waals surface area contributed by atoms with E-state index in [1.165, 1.54) is 6.42 Å². The van der Waals surface area contributed by atoms with Gasteiger partial charge >= 0.3 is 0 Å². The number of hydrogen-bond donors (Lipinski definition) is 1. The maximum absolute atomic E-state index is 9.91.